The average molecular weight is 404 g/mol. The highest BCUT2D eigenvalue weighted by Crippen LogP contribution is 2.41. The van der Waals surface area contributed by atoms with Crippen LogP contribution in [0.25, 0.3) is 0 Å². The molecule has 2 aromatic rings. The molecule has 0 spiro atoms. The quantitative estimate of drug-likeness (QED) is 0.750. The number of carbonyl (C=O) groups is 1. The zero-order chi connectivity index (χ0) is 18.0. The number of nitrogens with one attached hydrogen (secondary N) is 1. The molecular formula is C20H22BrNO3. The number of anilines is 1. The molecule has 2 aromatic carbocycles. The van der Waals surface area contributed by atoms with Crippen LogP contribution in [0.1, 0.15) is 36.5 Å². The molecule has 0 aromatic heterocycles. The number of benzene rings is 2. The van der Waals surface area contributed by atoms with E-state index in [0.717, 1.165) is 26.9 Å². The lowest BCUT2D eigenvalue weighted by molar-refractivity contribution is -0.117. The highest BCUT2D eigenvalue weighted by atomic mass is 79.9. The predicted molar refractivity (Wildman–Crippen MR) is 103 cm³/mol. The first kappa shape index (κ1) is 17.8. The summed E-state index contributed by atoms with van der Waals surface area (Å²) in [5.74, 6) is 1.28. The number of aryl methyl sites for hydroxylation is 1. The zero-order valence-electron chi connectivity index (χ0n) is 14.7. The Balaban J connectivity index is 1.94. The maximum absolute atomic E-state index is 12.5. The van der Waals surface area contributed by atoms with Gasteiger partial charge in [-0.1, -0.05) is 18.2 Å². The summed E-state index contributed by atoms with van der Waals surface area (Å²) >= 11 is 3.57. The van der Waals surface area contributed by atoms with Crippen LogP contribution in [0.3, 0.4) is 0 Å². The van der Waals surface area contributed by atoms with Gasteiger partial charge in [-0.25, -0.2) is 0 Å². The van der Waals surface area contributed by atoms with E-state index >= 15 is 0 Å². The van der Waals surface area contributed by atoms with E-state index in [1.807, 2.05) is 51.1 Å². The van der Waals surface area contributed by atoms with E-state index in [2.05, 4.69) is 21.2 Å². The summed E-state index contributed by atoms with van der Waals surface area (Å²) in [4.78, 5) is 12.5. The Kier molecular flexibility index (Phi) is 5.33. The van der Waals surface area contributed by atoms with Gasteiger partial charge in [0.2, 0.25) is 5.91 Å². The number of halogens is 1. The fraction of sp³-hybridized carbons (Fsp3) is 0.350. The molecule has 1 aliphatic rings. The first-order valence-electron chi connectivity index (χ1n) is 8.53. The Labute approximate surface area is 156 Å². The van der Waals surface area contributed by atoms with Gasteiger partial charge in [-0.05, 0) is 71.9 Å². The highest BCUT2D eigenvalue weighted by Gasteiger charge is 2.31. The molecule has 0 saturated carbocycles. The van der Waals surface area contributed by atoms with Crippen LogP contribution in [0, 0.1) is 6.92 Å². The van der Waals surface area contributed by atoms with Gasteiger partial charge in [0.25, 0.3) is 0 Å². The lowest BCUT2D eigenvalue weighted by Gasteiger charge is -2.16. The monoisotopic (exact) mass is 403 g/mol. The molecule has 1 amide bonds. The Morgan fingerprint density at radius 3 is 2.64 bits per heavy atom. The molecular weight excluding hydrogens is 382 g/mol. The van der Waals surface area contributed by atoms with Gasteiger partial charge in [0, 0.05) is 5.69 Å². The summed E-state index contributed by atoms with van der Waals surface area (Å²) in [6, 6.07) is 10.0. The second-order valence-electron chi connectivity index (χ2n) is 6.06. The molecule has 3 rings (SSSR count). The minimum absolute atomic E-state index is 0.0484. The number of hydrogen-bond acceptors (Lipinski definition) is 3. The van der Waals surface area contributed by atoms with Gasteiger partial charge in [-0.2, -0.15) is 0 Å². The molecule has 1 N–H and O–H groups in total. The van der Waals surface area contributed by atoms with Crippen molar-refractivity contribution in [3.8, 4) is 11.5 Å². The number of ether oxygens (including phenoxy) is 2. The highest BCUT2D eigenvalue weighted by molar-refractivity contribution is 9.10. The van der Waals surface area contributed by atoms with E-state index in [4.69, 9.17) is 9.47 Å². The van der Waals surface area contributed by atoms with Gasteiger partial charge < -0.3 is 14.8 Å². The first-order valence-corrected chi connectivity index (χ1v) is 9.32. The molecule has 1 aliphatic heterocycles. The van der Waals surface area contributed by atoms with Crippen molar-refractivity contribution in [2.24, 2.45) is 0 Å². The largest absolute Gasteiger partial charge is 0.490 e. The van der Waals surface area contributed by atoms with Crippen LogP contribution < -0.4 is 14.8 Å². The molecule has 4 nitrogen and oxygen atoms in total. The number of carbonyl (C=O) groups excluding carboxylic acids is 1. The minimum atomic E-state index is -0.186. The van der Waals surface area contributed by atoms with Crippen LogP contribution in [0.5, 0.6) is 11.5 Å². The van der Waals surface area contributed by atoms with E-state index in [1.54, 1.807) is 0 Å². The molecule has 0 aliphatic carbocycles. The molecule has 0 saturated heterocycles. The van der Waals surface area contributed by atoms with Crippen molar-refractivity contribution in [1.29, 1.82) is 0 Å². The predicted octanol–water partition coefficient (Wildman–Crippen LogP) is 4.83. The van der Waals surface area contributed by atoms with Crippen LogP contribution in [-0.4, -0.2) is 19.1 Å². The van der Waals surface area contributed by atoms with E-state index < -0.39 is 0 Å². The van der Waals surface area contributed by atoms with Gasteiger partial charge in [0.1, 0.15) is 0 Å². The van der Waals surface area contributed by atoms with Crippen LogP contribution in [0.2, 0.25) is 0 Å². The Bertz CT molecular complexity index is 804. The van der Waals surface area contributed by atoms with E-state index in [9.17, 15) is 4.79 Å². The molecule has 1 atom stereocenters. The van der Waals surface area contributed by atoms with Crippen molar-refractivity contribution in [3.05, 3.63) is 51.5 Å². The number of rotatable bonds is 6. The molecule has 1 heterocycles. The van der Waals surface area contributed by atoms with E-state index in [1.165, 1.54) is 0 Å². The number of para-hydroxylation sites is 1. The maximum Gasteiger partial charge on any atom is 0.232 e. The topological polar surface area (TPSA) is 47.6 Å². The van der Waals surface area contributed by atoms with Crippen LogP contribution in [-0.2, 0) is 11.2 Å². The van der Waals surface area contributed by atoms with Crippen molar-refractivity contribution in [1.82, 2.24) is 0 Å². The van der Waals surface area contributed by atoms with Gasteiger partial charge in [0.05, 0.1) is 23.6 Å². The van der Waals surface area contributed by atoms with Gasteiger partial charge in [-0.15, -0.1) is 0 Å². The SMILES string of the molecule is CCOc1cc(C[C@H]2C(=O)Nc3c(C)cccc32)cc(Br)c1OCC. The third-order valence-corrected chi connectivity index (χ3v) is 4.93. The summed E-state index contributed by atoms with van der Waals surface area (Å²) in [5.41, 5.74) is 4.14. The molecule has 5 heteroatoms. The van der Waals surface area contributed by atoms with Crippen LogP contribution in [0.4, 0.5) is 5.69 Å². The van der Waals surface area contributed by atoms with Crippen LogP contribution >= 0.6 is 15.9 Å². The Morgan fingerprint density at radius 1 is 1.16 bits per heavy atom. The maximum atomic E-state index is 12.5. The third kappa shape index (κ3) is 3.52. The van der Waals surface area contributed by atoms with Crippen LogP contribution in [0.15, 0.2) is 34.8 Å². The summed E-state index contributed by atoms with van der Waals surface area (Å²) in [6.45, 7) is 7.03. The Morgan fingerprint density at radius 2 is 1.92 bits per heavy atom. The number of hydrogen-bond donors (Lipinski definition) is 1. The van der Waals surface area contributed by atoms with Crippen molar-refractivity contribution in [2.45, 2.75) is 33.1 Å². The minimum Gasteiger partial charge on any atom is -0.490 e. The summed E-state index contributed by atoms with van der Waals surface area (Å²) in [7, 11) is 0. The Hall–Kier alpha value is -2.01. The smallest absolute Gasteiger partial charge is 0.232 e. The molecule has 0 unspecified atom stereocenters. The first-order chi connectivity index (χ1) is 12.0. The second-order valence-corrected chi connectivity index (χ2v) is 6.91. The molecule has 25 heavy (non-hydrogen) atoms. The van der Waals surface area contributed by atoms with Crippen molar-refractivity contribution < 1.29 is 14.3 Å². The number of amides is 1. The van der Waals surface area contributed by atoms with Gasteiger partial charge in [-0.3, -0.25) is 4.79 Å². The number of fused-ring (bicyclic) bond motifs is 1. The molecule has 0 fully saturated rings. The van der Waals surface area contributed by atoms with E-state index in [-0.39, 0.29) is 11.8 Å². The average Bonchev–Trinajstić information content (AvgIpc) is 2.89. The zero-order valence-corrected chi connectivity index (χ0v) is 16.3. The molecule has 0 bridgehead atoms. The third-order valence-electron chi connectivity index (χ3n) is 4.34. The van der Waals surface area contributed by atoms with Gasteiger partial charge >= 0.3 is 0 Å². The standard InChI is InChI=1S/C20H22BrNO3/c1-4-24-17-11-13(10-16(21)19(17)25-5-2)9-15-14-8-6-7-12(3)18(14)22-20(15)23/h6-8,10-11,15H,4-5,9H2,1-3H3,(H,22,23)/t15-/m1/s1. The summed E-state index contributed by atoms with van der Waals surface area (Å²) in [5, 5.41) is 3.02. The van der Waals surface area contributed by atoms with Crippen molar-refractivity contribution in [3.63, 3.8) is 0 Å². The molecule has 0 radical (unpaired) electrons. The second kappa shape index (κ2) is 7.48. The summed E-state index contributed by atoms with van der Waals surface area (Å²) < 4.78 is 12.3. The normalized spacial score (nSPS) is 15.7. The van der Waals surface area contributed by atoms with E-state index in [0.29, 0.717) is 31.1 Å². The van der Waals surface area contributed by atoms with Gasteiger partial charge in [0.15, 0.2) is 11.5 Å². The van der Waals surface area contributed by atoms with Crippen molar-refractivity contribution >= 4 is 27.5 Å². The summed E-state index contributed by atoms with van der Waals surface area (Å²) in [6.07, 6.45) is 0.618. The fourth-order valence-corrected chi connectivity index (χ4v) is 3.83. The lowest BCUT2D eigenvalue weighted by Crippen LogP contribution is -2.14. The molecule has 132 valence electrons. The fourth-order valence-electron chi connectivity index (χ4n) is 3.23. The lowest BCUT2D eigenvalue weighted by atomic mass is 9.92. The van der Waals surface area contributed by atoms with Crippen molar-refractivity contribution in [2.75, 3.05) is 18.5 Å².